The Hall–Kier alpha value is -1.10. The van der Waals surface area contributed by atoms with Crippen molar-refractivity contribution in [3.05, 3.63) is 0 Å². The number of esters is 2. The summed E-state index contributed by atoms with van der Waals surface area (Å²) in [7, 11) is 2.24. The molecule has 0 aliphatic heterocycles. The van der Waals surface area contributed by atoms with Crippen molar-refractivity contribution < 1.29 is 19.1 Å². The molecule has 0 aromatic heterocycles. The van der Waals surface area contributed by atoms with Crippen molar-refractivity contribution in [2.45, 2.75) is 258 Å². The summed E-state index contributed by atoms with van der Waals surface area (Å²) >= 11 is 0. The lowest BCUT2D eigenvalue weighted by molar-refractivity contribution is -0.150. The number of rotatable bonds is 40. The molecule has 1 atom stereocenters. The van der Waals surface area contributed by atoms with E-state index in [1.54, 1.807) is 0 Å². The molecule has 0 amide bonds. The first-order chi connectivity index (χ1) is 24.5. The lowest BCUT2D eigenvalue weighted by atomic mass is 10.0. The maximum Gasteiger partial charge on any atom is 0.306 e. The molecular weight excluding hydrogens is 618 g/mol. The average Bonchev–Trinajstić information content (AvgIpc) is 3.11. The maximum absolute atomic E-state index is 12.7. The van der Waals surface area contributed by atoms with E-state index in [1.165, 1.54) is 154 Å². The molecule has 5 heteroatoms. The molecule has 0 saturated carbocycles. The third kappa shape index (κ3) is 35.3. The van der Waals surface area contributed by atoms with E-state index in [0.29, 0.717) is 12.8 Å². The van der Waals surface area contributed by atoms with Gasteiger partial charge in [0.15, 0.2) is 0 Å². The lowest BCUT2D eigenvalue weighted by Gasteiger charge is -2.18. The Morgan fingerprint density at radius 1 is 0.400 bits per heavy atom. The van der Waals surface area contributed by atoms with Gasteiger partial charge in [-0.2, -0.15) is 0 Å². The first kappa shape index (κ1) is 48.9. The van der Waals surface area contributed by atoms with Crippen LogP contribution in [-0.2, 0) is 19.1 Å². The van der Waals surface area contributed by atoms with Gasteiger partial charge in [-0.15, -0.1) is 0 Å². The van der Waals surface area contributed by atoms with E-state index >= 15 is 0 Å². The van der Waals surface area contributed by atoms with E-state index in [1.807, 2.05) is 0 Å². The van der Waals surface area contributed by atoms with Crippen molar-refractivity contribution in [3.63, 3.8) is 0 Å². The molecule has 0 fully saturated rings. The summed E-state index contributed by atoms with van der Waals surface area (Å²) < 4.78 is 11.8. The Morgan fingerprint density at radius 2 is 0.700 bits per heavy atom. The minimum Gasteiger partial charge on any atom is -0.462 e. The zero-order valence-corrected chi connectivity index (χ0v) is 34.7. The average molecular weight is 708 g/mol. The van der Waals surface area contributed by atoms with Crippen LogP contribution in [0.1, 0.15) is 246 Å². The van der Waals surface area contributed by atoms with Gasteiger partial charge in [0.05, 0.1) is 0 Å². The summed E-state index contributed by atoms with van der Waals surface area (Å²) in [4.78, 5) is 27.4. The topological polar surface area (TPSA) is 55.8 Å². The largest absolute Gasteiger partial charge is 0.462 e. The molecule has 5 nitrogen and oxygen atoms in total. The Kier molecular flexibility index (Phi) is 38.3. The predicted octanol–water partition coefficient (Wildman–Crippen LogP) is 14.1. The standard InChI is InChI=1S/C45H89NO4/c1-6-10-13-16-21-28-35-42(9-4)49-44(47)38-31-24-19-26-33-40-46(5)41-34-27-20-25-32-39-45(48)50-43(36-29-22-17-14-11-7-2)37-30-23-18-15-12-8-3/h42-43H,6-41H2,1-5H3/t42-/m1/s1. The number of hydrogen-bond donors (Lipinski definition) is 0. The second kappa shape index (κ2) is 39.1. The molecule has 298 valence electrons. The third-order valence-corrected chi connectivity index (χ3v) is 10.5. The summed E-state index contributed by atoms with van der Waals surface area (Å²) in [6.07, 6.45) is 40.3. The second-order valence-corrected chi connectivity index (χ2v) is 15.6. The lowest BCUT2D eigenvalue weighted by Crippen LogP contribution is -2.20. The van der Waals surface area contributed by atoms with Gasteiger partial charge in [0.2, 0.25) is 0 Å². The first-order valence-corrected chi connectivity index (χ1v) is 22.5. The van der Waals surface area contributed by atoms with Crippen LogP contribution in [0.25, 0.3) is 0 Å². The van der Waals surface area contributed by atoms with Crippen molar-refractivity contribution in [3.8, 4) is 0 Å². The number of carbonyl (C=O) groups excluding carboxylic acids is 2. The molecule has 50 heavy (non-hydrogen) atoms. The monoisotopic (exact) mass is 708 g/mol. The highest BCUT2D eigenvalue weighted by molar-refractivity contribution is 5.69. The molecule has 0 heterocycles. The summed E-state index contributed by atoms with van der Waals surface area (Å²) in [5, 5.41) is 0. The van der Waals surface area contributed by atoms with Gasteiger partial charge in [-0.1, -0.05) is 163 Å². The molecule has 0 radical (unpaired) electrons. The van der Waals surface area contributed by atoms with E-state index in [-0.39, 0.29) is 24.1 Å². The van der Waals surface area contributed by atoms with E-state index in [2.05, 4.69) is 39.6 Å². The van der Waals surface area contributed by atoms with Crippen LogP contribution in [0.2, 0.25) is 0 Å². The molecule has 0 aromatic rings. The van der Waals surface area contributed by atoms with Gasteiger partial charge in [0.1, 0.15) is 12.2 Å². The normalized spacial score (nSPS) is 12.2. The fourth-order valence-corrected chi connectivity index (χ4v) is 7.03. The highest BCUT2D eigenvalue weighted by Gasteiger charge is 2.15. The van der Waals surface area contributed by atoms with E-state index < -0.39 is 0 Å². The number of ether oxygens (including phenoxy) is 2. The van der Waals surface area contributed by atoms with Crippen molar-refractivity contribution >= 4 is 11.9 Å². The highest BCUT2D eigenvalue weighted by atomic mass is 16.5. The van der Waals surface area contributed by atoms with Gasteiger partial charge in [0, 0.05) is 12.8 Å². The van der Waals surface area contributed by atoms with Crippen LogP contribution < -0.4 is 0 Å². The smallest absolute Gasteiger partial charge is 0.306 e. The molecule has 0 aromatic carbocycles. The number of carbonyl (C=O) groups is 2. The van der Waals surface area contributed by atoms with Crippen molar-refractivity contribution in [1.82, 2.24) is 4.90 Å². The Morgan fingerprint density at radius 3 is 1.08 bits per heavy atom. The molecule has 0 saturated heterocycles. The fourth-order valence-electron chi connectivity index (χ4n) is 7.03. The molecule has 0 aliphatic rings. The van der Waals surface area contributed by atoms with Gasteiger partial charge in [-0.05, 0) is 90.8 Å². The number of nitrogens with zero attached hydrogens (tertiary/aromatic N) is 1. The Labute approximate surface area is 313 Å². The second-order valence-electron chi connectivity index (χ2n) is 15.6. The zero-order chi connectivity index (χ0) is 36.8. The Bertz CT molecular complexity index is 697. The van der Waals surface area contributed by atoms with Crippen LogP contribution in [0.15, 0.2) is 0 Å². The molecule has 0 unspecified atom stereocenters. The van der Waals surface area contributed by atoms with E-state index in [0.717, 1.165) is 64.5 Å². The molecular formula is C45H89NO4. The summed E-state index contributed by atoms with van der Waals surface area (Å²) in [6, 6.07) is 0. The highest BCUT2D eigenvalue weighted by Crippen LogP contribution is 2.19. The number of unbranched alkanes of at least 4 members (excludes halogenated alkanes) is 23. The molecule has 0 aliphatic carbocycles. The fraction of sp³-hybridized carbons (Fsp3) is 0.956. The van der Waals surface area contributed by atoms with Gasteiger partial charge < -0.3 is 14.4 Å². The minimum absolute atomic E-state index is 0.00810. The summed E-state index contributed by atoms with van der Waals surface area (Å²) in [5.74, 6) is 0.0457. The van der Waals surface area contributed by atoms with E-state index in [9.17, 15) is 9.59 Å². The quantitative estimate of drug-likeness (QED) is 0.0469. The van der Waals surface area contributed by atoms with Gasteiger partial charge in [0.25, 0.3) is 0 Å². The molecule has 0 N–H and O–H groups in total. The van der Waals surface area contributed by atoms with Crippen LogP contribution in [0.3, 0.4) is 0 Å². The van der Waals surface area contributed by atoms with Crippen LogP contribution >= 0.6 is 0 Å². The van der Waals surface area contributed by atoms with Crippen LogP contribution in [0, 0.1) is 0 Å². The zero-order valence-electron chi connectivity index (χ0n) is 34.7. The minimum atomic E-state index is 0.00810. The van der Waals surface area contributed by atoms with Gasteiger partial charge in [-0.25, -0.2) is 0 Å². The van der Waals surface area contributed by atoms with Crippen molar-refractivity contribution in [2.24, 2.45) is 0 Å². The van der Waals surface area contributed by atoms with Crippen molar-refractivity contribution in [1.29, 1.82) is 0 Å². The van der Waals surface area contributed by atoms with Gasteiger partial charge in [-0.3, -0.25) is 9.59 Å². The number of hydrogen-bond acceptors (Lipinski definition) is 5. The van der Waals surface area contributed by atoms with Crippen LogP contribution in [0.5, 0.6) is 0 Å². The molecule has 0 rings (SSSR count). The predicted molar refractivity (Wildman–Crippen MR) is 217 cm³/mol. The Balaban J connectivity index is 3.85. The summed E-state index contributed by atoms with van der Waals surface area (Å²) in [6.45, 7) is 11.2. The molecule has 0 bridgehead atoms. The van der Waals surface area contributed by atoms with Gasteiger partial charge >= 0.3 is 11.9 Å². The van der Waals surface area contributed by atoms with Crippen molar-refractivity contribution in [2.75, 3.05) is 20.1 Å². The van der Waals surface area contributed by atoms with Crippen LogP contribution in [-0.4, -0.2) is 49.2 Å². The molecule has 0 spiro atoms. The first-order valence-electron chi connectivity index (χ1n) is 22.5. The maximum atomic E-state index is 12.7. The summed E-state index contributed by atoms with van der Waals surface area (Å²) in [5.41, 5.74) is 0. The SMILES string of the molecule is CCCCCCCCC(CCCCCCCC)OC(=O)CCCCCCCN(C)CCCCCCCC(=O)O[C@H](CC)CCCCCCCC. The third-order valence-electron chi connectivity index (χ3n) is 10.5. The van der Waals surface area contributed by atoms with E-state index in [4.69, 9.17) is 9.47 Å². The van der Waals surface area contributed by atoms with Crippen LogP contribution in [0.4, 0.5) is 0 Å².